The van der Waals surface area contributed by atoms with Crippen LogP contribution in [0.15, 0.2) is 69.5 Å². The van der Waals surface area contributed by atoms with Crippen molar-refractivity contribution in [1.82, 2.24) is 4.98 Å². The van der Waals surface area contributed by atoms with Crippen LogP contribution in [0.4, 0.5) is 0 Å². The number of fused-ring (bicyclic) bond motifs is 3. The van der Waals surface area contributed by atoms with Crippen molar-refractivity contribution in [3.05, 3.63) is 81.8 Å². The predicted octanol–water partition coefficient (Wildman–Crippen LogP) is 2.45. The van der Waals surface area contributed by atoms with Gasteiger partial charge in [0.25, 0.3) is 0 Å². The van der Waals surface area contributed by atoms with E-state index in [1.165, 1.54) is 0 Å². The molecule has 3 aromatic rings. The molecule has 1 atom stereocenters. The third-order valence-corrected chi connectivity index (χ3v) is 4.37. The largest absolute Gasteiger partial charge is 0.462 e. The summed E-state index contributed by atoms with van der Waals surface area (Å²) in [5.41, 5.74) is 6.72. The Morgan fingerprint density at radius 3 is 2.81 bits per heavy atom. The lowest BCUT2D eigenvalue weighted by atomic mass is 9.84. The summed E-state index contributed by atoms with van der Waals surface area (Å²) in [7, 11) is 0. The molecule has 1 aromatic carbocycles. The van der Waals surface area contributed by atoms with Crippen molar-refractivity contribution in [2.75, 3.05) is 6.61 Å². The maximum Gasteiger partial charge on any atom is 0.344 e. The fraction of sp³-hybridized carbons (Fsp3) is 0.150. The third-order valence-electron chi connectivity index (χ3n) is 4.37. The van der Waals surface area contributed by atoms with Gasteiger partial charge in [0.15, 0.2) is 5.75 Å². The molecule has 4 rings (SSSR count). The minimum Gasteiger partial charge on any atom is -0.462 e. The van der Waals surface area contributed by atoms with Crippen LogP contribution < -0.4 is 16.1 Å². The van der Waals surface area contributed by atoms with Crippen LogP contribution >= 0.6 is 0 Å². The van der Waals surface area contributed by atoms with E-state index in [0.29, 0.717) is 16.5 Å². The van der Waals surface area contributed by atoms with Gasteiger partial charge in [0.1, 0.15) is 11.2 Å². The first-order valence-electron chi connectivity index (χ1n) is 8.42. The van der Waals surface area contributed by atoms with E-state index in [1.54, 1.807) is 55.7 Å². The number of nitrogens with two attached hydrogens (primary N) is 1. The highest BCUT2D eigenvalue weighted by molar-refractivity contribution is 5.94. The summed E-state index contributed by atoms with van der Waals surface area (Å²) in [6.07, 6.45) is 3.17. The van der Waals surface area contributed by atoms with Gasteiger partial charge in [-0.3, -0.25) is 4.98 Å². The zero-order valence-corrected chi connectivity index (χ0v) is 14.5. The maximum atomic E-state index is 12.8. The molecule has 0 aliphatic carbocycles. The smallest absolute Gasteiger partial charge is 0.344 e. The van der Waals surface area contributed by atoms with E-state index in [9.17, 15) is 9.59 Å². The number of benzene rings is 1. The lowest BCUT2D eigenvalue weighted by Crippen LogP contribution is -2.31. The van der Waals surface area contributed by atoms with Crippen LogP contribution in [0.2, 0.25) is 0 Å². The molecule has 1 unspecified atom stereocenters. The van der Waals surface area contributed by atoms with Gasteiger partial charge in [-0.25, -0.2) is 9.59 Å². The normalized spacial score (nSPS) is 16.0. The number of hydrogen-bond acceptors (Lipinski definition) is 7. The van der Waals surface area contributed by atoms with E-state index in [-0.39, 0.29) is 29.4 Å². The van der Waals surface area contributed by atoms with Crippen LogP contribution in [-0.4, -0.2) is 17.6 Å². The Kier molecular flexibility index (Phi) is 4.12. The summed E-state index contributed by atoms with van der Waals surface area (Å²) in [4.78, 5) is 29.5. The van der Waals surface area contributed by atoms with Crippen molar-refractivity contribution in [1.29, 1.82) is 0 Å². The maximum absolute atomic E-state index is 12.8. The summed E-state index contributed by atoms with van der Waals surface area (Å²) < 4.78 is 16.3. The van der Waals surface area contributed by atoms with Gasteiger partial charge in [0, 0.05) is 12.4 Å². The van der Waals surface area contributed by atoms with Crippen molar-refractivity contribution in [2.24, 2.45) is 5.73 Å². The van der Waals surface area contributed by atoms with Gasteiger partial charge < -0.3 is 19.6 Å². The van der Waals surface area contributed by atoms with Crippen LogP contribution in [0.25, 0.3) is 11.0 Å². The Balaban J connectivity index is 2.04. The molecule has 0 spiro atoms. The standard InChI is InChI=1S/C20H16N2O5/c1-2-25-19(23)16-14(11-6-5-9-22-10-11)15-17(27-18(16)21)12-7-3-4-8-13(12)26-20(15)24/h3-10,14H,2,21H2,1H3. The molecule has 2 N–H and O–H groups in total. The molecule has 7 heteroatoms. The van der Waals surface area contributed by atoms with E-state index in [4.69, 9.17) is 19.6 Å². The first kappa shape index (κ1) is 16.8. The predicted molar refractivity (Wildman–Crippen MR) is 97.0 cm³/mol. The molecule has 0 amide bonds. The molecular formula is C20H16N2O5. The molecule has 0 saturated carbocycles. The second-order valence-electron chi connectivity index (χ2n) is 5.95. The van der Waals surface area contributed by atoms with Crippen molar-refractivity contribution in [3.63, 3.8) is 0 Å². The van der Waals surface area contributed by atoms with Gasteiger partial charge in [0.2, 0.25) is 5.88 Å². The summed E-state index contributed by atoms with van der Waals surface area (Å²) in [6.45, 7) is 1.85. The highest BCUT2D eigenvalue weighted by Crippen LogP contribution is 2.43. The monoisotopic (exact) mass is 364 g/mol. The molecule has 136 valence electrons. The highest BCUT2D eigenvalue weighted by Gasteiger charge is 2.39. The first-order valence-corrected chi connectivity index (χ1v) is 8.42. The Morgan fingerprint density at radius 1 is 1.26 bits per heavy atom. The number of carbonyl (C=O) groups is 1. The second kappa shape index (κ2) is 6.60. The van der Waals surface area contributed by atoms with Crippen molar-refractivity contribution in [2.45, 2.75) is 12.8 Å². The number of para-hydroxylation sites is 1. The zero-order chi connectivity index (χ0) is 19.0. The first-order chi connectivity index (χ1) is 13.1. The SMILES string of the molecule is CCOC(=O)C1=C(N)Oc2c(c(=O)oc3ccccc23)C1c1cccnc1. The summed E-state index contributed by atoms with van der Waals surface area (Å²) >= 11 is 0. The van der Waals surface area contributed by atoms with Gasteiger partial charge in [-0.05, 0) is 30.7 Å². The van der Waals surface area contributed by atoms with Crippen LogP contribution in [0.5, 0.6) is 5.75 Å². The van der Waals surface area contributed by atoms with E-state index in [2.05, 4.69) is 4.98 Å². The Labute approximate surface area is 154 Å². The average Bonchev–Trinajstić information content (AvgIpc) is 2.68. The number of pyridine rings is 1. The van der Waals surface area contributed by atoms with E-state index < -0.39 is 17.5 Å². The van der Waals surface area contributed by atoms with Crippen molar-refractivity contribution < 1.29 is 18.7 Å². The molecule has 1 aliphatic heterocycles. The van der Waals surface area contributed by atoms with Gasteiger partial charge in [-0.1, -0.05) is 18.2 Å². The number of esters is 1. The Bertz CT molecular complexity index is 1120. The molecular weight excluding hydrogens is 348 g/mol. The fourth-order valence-corrected chi connectivity index (χ4v) is 3.25. The number of rotatable bonds is 3. The van der Waals surface area contributed by atoms with Crippen LogP contribution in [0, 0.1) is 0 Å². The third kappa shape index (κ3) is 2.73. The quantitative estimate of drug-likeness (QED) is 0.562. The van der Waals surface area contributed by atoms with E-state index in [1.807, 2.05) is 0 Å². The minimum atomic E-state index is -0.803. The molecule has 0 bridgehead atoms. The van der Waals surface area contributed by atoms with Gasteiger partial charge in [-0.15, -0.1) is 0 Å². The molecule has 0 radical (unpaired) electrons. The molecule has 3 heterocycles. The molecule has 0 fully saturated rings. The average molecular weight is 364 g/mol. The number of nitrogens with zero attached hydrogens (tertiary/aromatic N) is 1. The van der Waals surface area contributed by atoms with Gasteiger partial charge in [-0.2, -0.15) is 0 Å². The Hall–Kier alpha value is -3.61. The second-order valence-corrected chi connectivity index (χ2v) is 5.95. The van der Waals surface area contributed by atoms with Crippen molar-refractivity contribution in [3.8, 4) is 5.75 Å². The molecule has 27 heavy (non-hydrogen) atoms. The molecule has 1 aliphatic rings. The van der Waals surface area contributed by atoms with Crippen molar-refractivity contribution >= 4 is 16.9 Å². The Morgan fingerprint density at radius 2 is 2.07 bits per heavy atom. The minimum absolute atomic E-state index is 0.0555. The molecule has 0 saturated heterocycles. The topological polar surface area (TPSA) is 105 Å². The van der Waals surface area contributed by atoms with Gasteiger partial charge >= 0.3 is 11.6 Å². The highest BCUT2D eigenvalue weighted by atomic mass is 16.5. The number of ether oxygens (including phenoxy) is 2. The number of carbonyl (C=O) groups excluding carboxylic acids is 1. The molecule has 7 nitrogen and oxygen atoms in total. The van der Waals surface area contributed by atoms with Crippen LogP contribution in [0.3, 0.4) is 0 Å². The van der Waals surface area contributed by atoms with E-state index >= 15 is 0 Å². The lowest BCUT2D eigenvalue weighted by Gasteiger charge is -2.27. The van der Waals surface area contributed by atoms with E-state index in [0.717, 1.165) is 0 Å². The summed E-state index contributed by atoms with van der Waals surface area (Å²) in [5.74, 6) is -1.28. The fourth-order valence-electron chi connectivity index (χ4n) is 3.25. The van der Waals surface area contributed by atoms with Crippen LogP contribution in [0.1, 0.15) is 24.0 Å². The van der Waals surface area contributed by atoms with Crippen LogP contribution in [-0.2, 0) is 9.53 Å². The van der Waals surface area contributed by atoms with Gasteiger partial charge in [0.05, 0.1) is 23.5 Å². The number of hydrogen-bond donors (Lipinski definition) is 1. The summed E-state index contributed by atoms with van der Waals surface area (Å²) in [6, 6.07) is 10.5. The molecule has 2 aromatic heterocycles. The lowest BCUT2D eigenvalue weighted by molar-refractivity contribution is -0.139. The summed E-state index contributed by atoms with van der Waals surface area (Å²) in [5, 5.41) is 0.590. The zero-order valence-electron chi connectivity index (χ0n) is 14.5. The number of aromatic nitrogens is 1.